The lowest BCUT2D eigenvalue weighted by Crippen LogP contribution is -2.66. The van der Waals surface area contributed by atoms with Crippen molar-refractivity contribution in [3.8, 4) is 0 Å². The van der Waals surface area contributed by atoms with Gasteiger partial charge in [-0.2, -0.15) is 5.10 Å². The Labute approximate surface area is 193 Å². The van der Waals surface area contributed by atoms with Gasteiger partial charge in [-0.1, -0.05) is 18.6 Å². The van der Waals surface area contributed by atoms with E-state index in [1.165, 1.54) is 12.5 Å². The van der Waals surface area contributed by atoms with Gasteiger partial charge >= 0.3 is 12.0 Å². The van der Waals surface area contributed by atoms with Crippen molar-refractivity contribution in [2.45, 2.75) is 89.2 Å². The molecule has 5 aliphatic rings. The molecule has 3 saturated heterocycles. The fraction of sp³-hybridized carbons (Fsp3) is 0.783. The van der Waals surface area contributed by atoms with Gasteiger partial charge in [-0.05, 0) is 39.0 Å². The third kappa shape index (κ3) is 3.33. The Balaban J connectivity index is 1.60. The van der Waals surface area contributed by atoms with Gasteiger partial charge in [0.1, 0.15) is 23.9 Å². The molecule has 5 rings (SSSR count). The molecule has 2 aliphatic carbocycles. The number of nitrogens with zero attached hydrogens (tertiary/aromatic N) is 1. The van der Waals surface area contributed by atoms with Gasteiger partial charge in [0.25, 0.3) is 0 Å². The first-order valence-corrected chi connectivity index (χ1v) is 11.7. The first-order chi connectivity index (χ1) is 15.7. The summed E-state index contributed by atoms with van der Waals surface area (Å²) < 4.78 is 31.2. The van der Waals surface area contributed by atoms with E-state index in [1.54, 1.807) is 6.21 Å². The van der Waals surface area contributed by atoms with Gasteiger partial charge in [-0.3, -0.25) is 4.79 Å². The maximum Gasteiger partial charge on any atom is 0.332 e. The van der Waals surface area contributed by atoms with Gasteiger partial charge in [0.2, 0.25) is 0 Å². The number of carbonyl (C=O) groups is 2. The highest BCUT2D eigenvalue weighted by Gasteiger charge is 2.86. The van der Waals surface area contributed by atoms with Gasteiger partial charge in [0.15, 0.2) is 6.29 Å². The molecule has 8 unspecified atom stereocenters. The van der Waals surface area contributed by atoms with Crippen LogP contribution in [0.4, 0.5) is 4.79 Å². The molecule has 3 aliphatic heterocycles. The lowest BCUT2D eigenvalue weighted by Gasteiger charge is -2.56. The van der Waals surface area contributed by atoms with Crippen molar-refractivity contribution in [3.63, 3.8) is 0 Å². The highest BCUT2D eigenvalue weighted by molar-refractivity contribution is 5.76. The molecule has 0 aromatic heterocycles. The van der Waals surface area contributed by atoms with Crippen molar-refractivity contribution in [3.05, 3.63) is 11.6 Å². The van der Waals surface area contributed by atoms with Crippen molar-refractivity contribution in [1.82, 2.24) is 5.43 Å². The number of ether oxygens (including phenoxy) is 5. The second-order valence-electron chi connectivity index (χ2n) is 10.1. The average Bonchev–Trinajstić information content (AvgIpc) is 3.55. The maximum absolute atomic E-state index is 12.3. The number of esters is 1. The number of hydrogen-bond donors (Lipinski definition) is 2. The van der Waals surface area contributed by atoms with Crippen LogP contribution in [0.25, 0.3) is 0 Å². The number of fused-ring (bicyclic) bond motifs is 2. The quantitative estimate of drug-likeness (QED) is 0.209. The van der Waals surface area contributed by atoms with Crippen LogP contribution in [0.2, 0.25) is 0 Å². The summed E-state index contributed by atoms with van der Waals surface area (Å²) in [7, 11) is 0. The number of carbonyl (C=O) groups excluding carboxylic acids is 2. The first-order valence-electron chi connectivity index (χ1n) is 11.7. The predicted octanol–water partition coefficient (Wildman–Crippen LogP) is 1.77. The molecule has 33 heavy (non-hydrogen) atoms. The van der Waals surface area contributed by atoms with E-state index < -0.39 is 46.7 Å². The second kappa shape index (κ2) is 8.04. The number of hydrogen-bond acceptors (Lipinski definition) is 8. The van der Waals surface area contributed by atoms with E-state index in [2.05, 4.69) is 30.5 Å². The van der Waals surface area contributed by atoms with Crippen molar-refractivity contribution < 1.29 is 33.3 Å². The van der Waals surface area contributed by atoms with Crippen LogP contribution in [0.1, 0.15) is 52.9 Å². The number of amides is 2. The van der Waals surface area contributed by atoms with Gasteiger partial charge in [-0.25, -0.2) is 10.2 Å². The average molecular weight is 464 g/mol. The molecule has 0 aromatic rings. The van der Waals surface area contributed by atoms with Crippen molar-refractivity contribution in [2.24, 2.45) is 21.7 Å². The molecule has 3 N–H and O–H groups in total. The summed E-state index contributed by atoms with van der Waals surface area (Å²) in [4.78, 5) is 23.6. The fourth-order valence-corrected chi connectivity index (χ4v) is 6.57. The standard InChI is InChI=1S/C23H33N3O7/c1-13-7-8-22(11-25-26-20(24)28)15(10-13)32-19-17(33-16-6-4-5-9-29-16)18(31-14(2)27)21(22,3)23(19)12-30-23/h10-11,15-19H,4-9,12H2,1-3H3,(H3,24,26,28)/b25-11+. The van der Waals surface area contributed by atoms with E-state index in [4.69, 9.17) is 29.4 Å². The molecule has 10 heteroatoms. The predicted molar refractivity (Wildman–Crippen MR) is 116 cm³/mol. The SMILES string of the molecule is CC(=O)OC1C(OC2CCCCO2)C2OC3C=C(C)CCC3(/C=N/NC(N)=O)C1(C)C21CO1. The summed E-state index contributed by atoms with van der Waals surface area (Å²) in [6, 6.07) is -0.752. The Morgan fingerprint density at radius 3 is 2.79 bits per heavy atom. The minimum Gasteiger partial charge on any atom is -0.459 e. The zero-order valence-corrected chi connectivity index (χ0v) is 19.4. The summed E-state index contributed by atoms with van der Waals surface area (Å²) in [6.45, 7) is 6.65. The topological polar surface area (TPSA) is 134 Å². The third-order valence-electron chi connectivity index (χ3n) is 8.31. The zero-order valence-electron chi connectivity index (χ0n) is 19.4. The number of urea groups is 1. The van der Waals surface area contributed by atoms with E-state index >= 15 is 0 Å². The molecule has 1 saturated carbocycles. The molecule has 0 aromatic carbocycles. The van der Waals surface area contributed by atoms with Crippen LogP contribution in [0.3, 0.4) is 0 Å². The summed E-state index contributed by atoms with van der Waals surface area (Å²) in [5.74, 6) is -0.399. The summed E-state index contributed by atoms with van der Waals surface area (Å²) >= 11 is 0. The summed E-state index contributed by atoms with van der Waals surface area (Å²) in [6.07, 6.45) is 5.72. The number of allylic oxidation sites excluding steroid dienone is 1. The minimum atomic E-state index is -0.752. The molecule has 8 atom stereocenters. The van der Waals surface area contributed by atoms with Gasteiger partial charge in [0, 0.05) is 25.2 Å². The van der Waals surface area contributed by atoms with E-state index in [0.717, 1.165) is 25.7 Å². The highest BCUT2D eigenvalue weighted by atomic mass is 16.7. The van der Waals surface area contributed by atoms with E-state index in [1.807, 2.05) is 0 Å². The number of hydrazone groups is 1. The van der Waals surface area contributed by atoms with Crippen LogP contribution in [0.15, 0.2) is 16.8 Å². The first kappa shape index (κ1) is 22.8. The molecular formula is C23H33N3O7. The molecule has 4 fully saturated rings. The summed E-state index contributed by atoms with van der Waals surface area (Å²) in [5, 5.41) is 4.18. The second-order valence-corrected chi connectivity index (χ2v) is 10.1. The van der Waals surface area contributed by atoms with Crippen LogP contribution in [0.5, 0.6) is 0 Å². The van der Waals surface area contributed by atoms with Crippen LogP contribution in [-0.4, -0.2) is 67.7 Å². The van der Waals surface area contributed by atoms with Gasteiger partial charge in [-0.15, -0.1) is 0 Å². The van der Waals surface area contributed by atoms with Crippen molar-refractivity contribution in [1.29, 1.82) is 0 Å². The largest absolute Gasteiger partial charge is 0.459 e. The Bertz CT molecular complexity index is 881. The molecule has 3 heterocycles. The van der Waals surface area contributed by atoms with E-state index in [-0.39, 0.29) is 12.4 Å². The lowest BCUT2D eigenvalue weighted by atomic mass is 9.51. The van der Waals surface area contributed by atoms with Crippen LogP contribution in [0, 0.1) is 10.8 Å². The molecule has 2 bridgehead atoms. The number of primary amides is 1. The Morgan fingerprint density at radius 1 is 1.36 bits per heavy atom. The van der Waals surface area contributed by atoms with Crippen molar-refractivity contribution in [2.75, 3.05) is 13.2 Å². The number of epoxide rings is 1. The number of nitrogens with one attached hydrogen (secondary N) is 1. The van der Waals surface area contributed by atoms with Crippen molar-refractivity contribution >= 4 is 18.2 Å². The fourth-order valence-electron chi connectivity index (χ4n) is 6.57. The van der Waals surface area contributed by atoms with E-state index in [9.17, 15) is 9.59 Å². The van der Waals surface area contributed by atoms with E-state index in [0.29, 0.717) is 19.6 Å². The van der Waals surface area contributed by atoms with Gasteiger partial charge < -0.3 is 29.4 Å². The Morgan fingerprint density at radius 2 is 2.15 bits per heavy atom. The normalized spacial score (nSPS) is 46.0. The molecular weight excluding hydrogens is 430 g/mol. The highest BCUT2D eigenvalue weighted by Crippen LogP contribution is 2.72. The third-order valence-corrected chi connectivity index (χ3v) is 8.31. The zero-order chi connectivity index (χ0) is 23.4. The number of rotatable bonds is 5. The molecule has 2 amide bonds. The molecule has 182 valence electrons. The smallest absolute Gasteiger partial charge is 0.332 e. The van der Waals surface area contributed by atoms with Crippen LogP contribution >= 0.6 is 0 Å². The molecule has 0 radical (unpaired) electrons. The Kier molecular flexibility index (Phi) is 5.55. The van der Waals surface area contributed by atoms with Crippen LogP contribution in [-0.2, 0) is 28.5 Å². The minimum absolute atomic E-state index is 0.353. The summed E-state index contributed by atoms with van der Waals surface area (Å²) in [5.41, 5.74) is 6.65. The number of nitrogens with two attached hydrogens (primary N) is 1. The Hall–Kier alpha value is -2.01. The maximum atomic E-state index is 12.3. The monoisotopic (exact) mass is 463 g/mol. The van der Waals surface area contributed by atoms with Gasteiger partial charge in [0.05, 0.1) is 18.1 Å². The van der Waals surface area contributed by atoms with Crippen LogP contribution < -0.4 is 11.2 Å². The molecule has 10 nitrogen and oxygen atoms in total. The molecule has 1 spiro atoms. The lowest BCUT2D eigenvalue weighted by molar-refractivity contribution is -0.229.